The van der Waals surface area contributed by atoms with E-state index < -0.39 is 0 Å². The first-order chi connectivity index (χ1) is 5.39. The molecule has 1 heterocycles. The Labute approximate surface area is 73.7 Å². The second kappa shape index (κ2) is 3.05. The van der Waals surface area contributed by atoms with E-state index in [0.29, 0.717) is 0 Å². The minimum Gasteiger partial charge on any atom is -0.460 e. The van der Waals surface area contributed by atoms with Gasteiger partial charge >= 0.3 is 5.97 Å². The second-order valence-electron chi connectivity index (χ2n) is 4.31. The molecule has 1 fully saturated rings. The summed E-state index contributed by atoms with van der Waals surface area (Å²) in [6, 6.07) is 0. The standard InChI is InChI=1S/C9H17NO2/c1-7(11)12-8-5-10(6-8)9(2,3)4/h8H,5-6H2,1-4H3. The Balaban J connectivity index is 2.25. The number of likely N-dealkylation sites (tertiary alicyclic amines) is 1. The Kier molecular flexibility index (Phi) is 2.42. The molecule has 0 aromatic rings. The number of nitrogens with zero attached hydrogens (tertiary/aromatic N) is 1. The summed E-state index contributed by atoms with van der Waals surface area (Å²) in [5.41, 5.74) is 0.205. The van der Waals surface area contributed by atoms with Gasteiger partial charge in [0, 0.05) is 25.6 Å². The highest BCUT2D eigenvalue weighted by atomic mass is 16.5. The maximum absolute atomic E-state index is 10.6. The molecule has 0 radical (unpaired) electrons. The lowest BCUT2D eigenvalue weighted by Gasteiger charge is -2.46. The average Bonchev–Trinajstić information content (AvgIpc) is 1.73. The van der Waals surface area contributed by atoms with Crippen LogP contribution in [-0.4, -0.2) is 35.6 Å². The van der Waals surface area contributed by atoms with Crippen molar-refractivity contribution in [3.63, 3.8) is 0 Å². The molecular weight excluding hydrogens is 154 g/mol. The van der Waals surface area contributed by atoms with Crippen LogP contribution in [0.2, 0.25) is 0 Å². The molecule has 1 rings (SSSR count). The molecule has 0 unspecified atom stereocenters. The lowest BCUT2D eigenvalue weighted by molar-refractivity contribution is -0.158. The van der Waals surface area contributed by atoms with Gasteiger partial charge in [-0.1, -0.05) is 0 Å². The van der Waals surface area contributed by atoms with Crippen LogP contribution in [0.3, 0.4) is 0 Å². The van der Waals surface area contributed by atoms with E-state index in [9.17, 15) is 4.79 Å². The largest absolute Gasteiger partial charge is 0.460 e. The van der Waals surface area contributed by atoms with Gasteiger partial charge in [0.25, 0.3) is 0 Å². The Hall–Kier alpha value is -0.570. The Morgan fingerprint density at radius 3 is 2.25 bits per heavy atom. The molecule has 12 heavy (non-hydrogen) atoms. The molecule has 3 heteroatoms. The summed E-state index contributed by atoms with van der Waals surface area (Å²) in [6.07, 6.45) is 0.127. The normalized spacial score (nSPS) is 20.3. The summed E-state index contributed by atoms with van der Waals surface area (Å²) in [4.78, 5) is 12.9. The molecule has 0 N–H and O–H groups in total. The maximum atomic E-state index is 10.6. The number of esters is 1. The molecule has 0 atom stereocenters. The fourth-order valence-corrected chi connectivity index (χ4v) is 1.30. The number of rotatable bonds is 1. The van der Waals surface area contributed by atoms with Crippen LogP contribution in [0, 0.1) is 0 Å². The van der Waals surface area contributed by atoms with Gasteiger partial charge in [0.05, 0.1) is 0 Å². The summed E-state index contributed by atoms with van der Waals surface area (Å²) >= 11 is 0. The molecule has 0 aromatic carbocycles. The van der Waals surface area contributed by atoms with Gasteiger partial charge in [0.2, 0.25) is 0 Å². The second-order valence-corrected chi connectivity index (χ2v) is 4.31. The van der Waals surface area contributed by atoms with E-state index in [-0.39, 0.29) is 17.6 Å². The van der Waals surface area contributed by atoms with Crippen LogP contribution in [0.4, 0.5) is 0 Å². The van der Waals surface area contributed by atoms with Gasteiger partial charge in [-0.25, -0.2) is 0 Å². The zero-order valence-corrected chi connectivity index (χ0v) is 8.26. The van der Waals surface area contributed by atoms with Crippen molar-refractivity contribution in [2.45, 2.75) is 39.3 Å². The van der Waals surface area contributed by atoms with Crippen molar-refractivity contribution in [3.05, 3.63) is 0 Å². The Bertz CT molecular complexity index is 177. The minimum absolute atomic E-state index is 0.127. The number of hydrogen-bond acceptors (Lipinski definition) is 3. The molecule has 3 nitrogen and oxygen atoms in total. The number of ether oxygens (including phenoxy) is 1. The van der Waals surface area contributed by atoms with E-state index in [1.54, 1.807) is 0 Å². The molecule has 1 aliphatic heterocycles. The molecule has 0 bridgehead atoms. The predicted octanol–water partition coefficient (Wildman–Crippen LogP) is 1.03. The third-order valence-electron chi connectivity index (χ3n) is 2.13. The first-order valence-corrected chi connectivity index (χ1v) is 4.32. The van der Waals surface area contributed by atoms with Crippen molar-refractivity contribution < 1.29 is 9.53 Å². The summed E-state index contributed by atoms with van der Waals surface area (Å²) < 4.78 is 5.03. The molecule has 1 saturated heterocycles. The zero-order chi connectivity index (χ0) is 9.35. The lowest BCUT2D eigenvalue weighted by Crippen LogP contribution is -2.59. The third kappa shape index (κ3) is 2.21. The van der Waals surface area contributed by atoms with Gasteiger partial charge < -0.3 is 4.74 Å². The van der Waals surface area contributed by atoms with Crippen molar-refractivity contribution in [1.29, 1.82) is 0 Å². The van der Waals surface area contributed by atoms with Crippen LogP contribution in [-0.2, 0) is 9.53 Å². The zero-order valence-electron chi connectivity index (χ0n) is 8.26. The van der Waals surface area contributed by atoms with E-state index in [1.807, 2.05) is 0 Å². The monoisotopic (exact) mass is 171 g/mol. The summed E-state index contributed by atoms with van der Waals surface area (Å²) in [6.45, 7) is 9.71. The lowest BCUT2D eigenvalue weighted by atomic mass is 9.99. The first-order valence-electron chi connectivity index (χ1n) is 4.32. The quantitative estimate of drug-likeness (QED) is 0.552. The topological polar surface area (TPSA) is 29.5 Å². The van der Waals surface area contributed by atoms with Gasteiger partial charge in [0.1, 0.15) is 6.10 Å². The Morgan fingerprint density at radius 2 is 1.92 bits per heavy atom. The first kappa shape index (κ1) is 9.52. The smallest absolute Gasteiger partial charge is 0.302 e. The fourth-order valence-electron chi connectivity index (χ4n) is 1.30. The van der Waals surface area contributed by atoms with Crippen molar-refractivity contribution in [1.82, 2.24) is 4.90 Å². The van der Waals surface area contributed by atoms with E-state index in [1.165, 1.54) is 6.92 Å². The van der Waals surface area contributed by atoms with Crippen LogP contribution in [0.1, 0.15) is 27.7 Å². The van der Waals surface area contributed by atoms with Gasteiger partial charge in [-0.2, -0.15) is 0 Å². The van der Waals surface area contributed by atoms with Crippen LogP contribution in [0.25, 0.3) is 0 Å². The highest BCUT2D eigenvalue weighted by Gasteiger charge is 2.35. The van der Waals surface area contributed by atoms with E-state index in [2.05, 4.69) is 25.7 Å². The van der Waals surface area contributed by atoms with Crippen molar-refractivity contribution >= 4 is 5.97 Å². The molecule has 70 valence electrons. The average molecular weight is 171 g/mol. The fraction of sp³-hybridized carbons (Fsp3) is 0.889. The molecule has 0 aromatic heterocycles. The van der Waals surface area contributed by atoms with E-state index in [4.69, 9.17) is 4.74 Å². The van der Waals surface area contributed by atoms with Gasteiger partial charge in [-0.15, -0.1) is 0 Å². The summed E-state index contributed by atoms with van der Waals surface area (Å²) in [5.74, 6) is -0.173. The predicted molar refractivity (Wildman–Crippen MR) is 46.9 cm³/mol. The number of carbonyl (C=O) groups excluding carboxylic acids is 1. The van der Waals surface area contributed by atoms with E-state index in [0.717, 1.165) is 13.1 Å². The molecule has 0 amide bonds. The SMILES string of the molecule is CC(=O)OC1CN(C(C)(C)C)C1. The van der Waals surface area contributed by atoms with Gasteiger partial charge in [-0.05, 0) is 20.8 Å². The third-order valence-corrected chi connectivity index (χ3v) is 2.13. The molecule has 1 aliphatic rings. The van der Waals surface area contributed by atoms with E-state index >= 15 is 0 Å². The van der Waals surface area contributed by atoms with Gasteiger partial charge in [-0.3, -0.25) is 9.69 Å². The molecule has 0 aliphatic carbocycles. The van der Waals surface area contributed by atoms with Gasteiger partial charge in [0.15, 0.2) is 0 Å². The Morgan fingerprint density at radius 1 is 1.42 bits per heavy atom. The van der Waals surface area contributed by atoms with Crippen LogP contribution >= 0.6 is 0 Å². The van der Waals surface area contributed by atoms with Crippen molar-refractivity contribution in [2.75, 3.05) is 13.1 Å². The number of carbonyl (C=O) groups is 1. The van der Waals surface area contributed by atoms with Crippen LogP contribution < -0.4 is 0 Å². The number of hydrogen-bond donors (Lipinski definition) is 0. The van der Waals surface area contributed by atoms with Crippen molar-refractivity contribution in [3.8, 4) is 0 Å². The van der Waals surface area contributed by atoms with Crippen molar-refractivity contribution in [2.24, 2.45) is 0 Å². The maximum Gasteiger partial charge on any atom is 0.302 e. The van der Waals surface area contributed by atoms with Crippen LogP contribution in [0.15, 0.2) is 0 Å². The summed E-state index contributed by atoms with van der Waals surface area (Å²) in [7, 11) is 0. The van der Waals surface area contributed by atoms with Crippen LogP contribution in [0.5, 0.6) is 0 Å². The highest BCUT2D eigenvalue weighted by Crippen LogP contribution is 2.22. The molecule has 0 saturated carbocycles. The molecule has 0 spiro atoms. The minimum atomic E-state index is -0.173. The highest BCUT2D eigenvalue weighted by molar-refractivity contribution is 5.66. The molecular formula is C9H17NO2. The summed E-state index contributed by atoms with van der Waals surface area (Å²) in [5, 5.41) is 0.